The third-order valence-corrected chi connectivity index (χ3v) is 6.65. The molecule has 0 amide bonds. The Morgan fingerprint density at radius 2 is 1.87 bits per heavy atom. The quantitative estimate of drug-likeness (QED) is 0.457. The minimum absolute atomic E-state index is 0.0975. The van der Waals surface area contributed by atoms with E-state index in [2.05, 4.69) is 19.2 Å². The number of nitrogens with zero attached hydrogens (tertiary/aromatic N) is 3. The highest BCUT2D eigenvalue weighted by Gasteiger charge is 2.42. The predicted octanol–water partition coefficient (Wildman–Crippen LogP) is 6.56. The normalized spacial score (nSPS) is 19.6. The van der Waals surface area contributed by atoms with E-state index in [4.69, 9.17) is 44.9 Å². The van der Waals surface area contributed by atoms with Gasteiger partial charge in [-0.15, -0.1) is 5.10 Å². The van der Waals surface area contributed by atoms with Gasteiger partial charge in [-0.3, -0.25) is 4.79 Å². The maximum Gasteiger partial charge on any atom is 0.226 e. The van der Waals surface area contributed by atoms with E-state index >= 15 is 0 Å². The number of allylic oxidation sites excluding steroid dienone is 2. The van der Waals surface area contributed by atoms with E-state index in [-0.39, 0.29) is 11.2 Å². The first-order chi connectivity index (χ1) is 14.7. The van der Waals surface area contributed by atoms with Gasteiger partial charge in [-0.25, -0.2) is 4.68 Å². The van der Waals surface area contributed by atoms with Gasteiger partial charge in [-0.05, 0) is 41.7 Å². The third-order valence-electron chi connectivity index (χ3n) is 5.67. The molecular weight excluding hydrogens is 455 g/mol. The van der Waals surface area contributed by atoms with Crippen molar-refractivity contribution < 1.29 is 4.79 Å². The molecule has 0 radical (unpaired) electrons. The van der Waals surface area contributed by atoms with E-state index in [9.17, 15) is 4.79 Å². The lowest BCUT2D eigenvalue weighted by Gasteiger charge is -2.38. The monoisotopic (exact) mass is 472 g/mol. The Labute approximate surface area is 195 Å². The lowest BCUT2D eigenvalue weighted by molar-refractivity contribution is -0.118. The smallest absolute Gasteiger partial charge is 0.226 e. The number of fused-ring (bicyclic) bond motifs is 1. The molecule has 3 aromatic rings. The molecule has 0 saturated carbocycles. The SMILES string of the molecule is CC1(C)CC(=O)C2=C(C1)Nc1nc(-c3cccc(Cl)c3)nn1C2c1ccc(Cl)c(Cl)c1. The van der Waals surface area contributed by atoms with Crippen molar-refractivity contribution in [3.05, 3.63) is 74.4 Å². The number of ketones is 1. The van der Waals surface area contributed by atoms with E-state index in [0.29, 0.717) is 38.8 Å². The number of nitrogens with one attached hydrogen (secondary N) is 1. The molecule has 2 heterocycles. The number of hydrogen-bond acceptors (Lipinski definition) is 4. The van der Waals surface area contributed by atoms with Crippen molar-refractivity contribution in [1.29, 1.82) is 0 Å². The predicted molar refractivity (Wildman–Crippen MR) is 124 cm³/mol. The van der Waals surface area contributed by atoms with Crippen LogP contribution in [0.1, 0.15) is 38.3 Å². The number of Topliss-reactive ketones (excluding diaryl/α,β-unsaturated/α-hetero) is 1. The molecule has 158 valence electrons. The van der Waals surface area contributed by atoms with E-state index in [0.717, 1.165) is 23.2 Å². The number of carbonyl (C=O) groups is 1. The highest BCUT2D eigenvalue weighted by Crippen LogP contribution is 2.46. The van der Waals surface area contributed by atoms with Crippen molar-refractivity contribution in [2.45, 2.75) is 32.7 Å². The third kappa shape index (κ3) is 3.65. The summed E-state index contributed by atoms with van der Waals surface area (Å²) >= 11 is 18.6. The van der Waals surface area contributed by atoms with Crippen LogP contribution in [0.2, 0.25) is 15.1 Å². The molecule has 2 aliphatic rings. The molecule has 5 nitrogen and oxygen atoms in total. The van der Waals surface area contributed by atoms with Crippen molar-refractivity contribution in [2.75, 3.05) is 5.32 Å². The molecule has 1 aromatic heterocycles. The zero-order valence-electron chi connectivity index (χ0n) is 16.9. The Kier molecular flexibility index (Phi) is 4.88. The molecular formula is C23H19Cl3N4O. The van der Waals surface area contributed by atoms with Gasteiger partial charge in [0, 0.05) is 28.3 Å². The molecule has 0 saturated heterocycles. The first-order valence-corrected chi connectivity index (χ1v) is 11.1. The van der Waals surface area contributed by atoms with Crippen LogP contribution in [0.15, 0.2) is 53.7 Å². The van der Waals surface area contributed by atoms with Gasteiger partial charge in [0.05, 0.1) is 10.0 Å². The van der Waals surface area contributed by atoms with Crippen LogP contribution in [0, 0.1) is 5.41 Å². The molecule has 0 fully saturated rings. The van der Waals surface area contributed by atoms with Gasteiger partial charge in [-0.1, -0.05) is 66.8 Å². The number of anilines is 1. The first-order valence-electron chi connectivity index (χ1n) is 9.92. The van der Waals surface area contributed by atoms with Crippen molar-refractivity contribution >= 4 is 46.5 Å². The Hall–Kier alpha value is -2.34. The molecule has 1 atom stereocenters. The lowest BCUT2D eigenvalue weighted by Crippen LogP contribution is -2.36. The van der Waals surface area contributed by atoms with Crippen LogP contribution in [0.5, 0.6) is 0 Å². The molecule has 31 heavy (non-hydrogen) atoms. The standard InChI is InChI=1S/C23H19Cl3N4O/c1-23(2)10-17-19(18(31)11-23)20(12-6-7-15(25)16(26)9-12)30-22(27-17)28-21(29-30)13-4-3-5-14(24)8-13/h3-9,20H,10-11H2,1-2H3,(H,27,28,29). The van der Waals surface area contributed by atoms with Gasteiger partial charge in [0.25, 0.3) is 0 Å². The van der Waals surface area contributed by atoms with Crippen LogP contribution >= 0.6 is 34.8 Å². The Bertz CT molecular complexity index is 1260. The van der Waals surface area contributed by atoms with Crippen LogP contribution in [-0.4, -0.2) is 20.5 Å². The number of halogens is 3. The van der Waals surface area contributed by atoms with Crippen LogP contribution in [0.3, 0.4) is 0 Å². The summed E-state index contributed by atoms with van der Waals surface area (Å²) in [7, 11) is 0. The van der Waals surface area contributed by atoms with Crippen LogP contribution in [-0.2, 0) is 4.79 Å². The number of hydrogen-bond donors (Lipinski definition) is 1. The minimum atomic E-state index is -0.440. The second kappa shape index (κ2) is 7.37. The van der Waals surface area contributed by atoms with Gasteiger partial charge in [0.15, 0.2) is 11.6 Å². The van der Waals surface area contributed by atoms with Crippen molar-refractivity contribution in [3.8, 4) is 11.4 Å². The molecule has 1 unspecified atom stereocenters. The fourth-order valence-electron chi connectivity index (χ4n) is 4.35. The van der Waals surface area contributed by atoms with Gasteiger partial charge < -0.3 is 5.32 Å². The van der Waals surface area contributed by atoms with Gasteiger partial charge >= 0.3 is 0 Å². The average Bonchev–Trinajstić information content (AvgIpc) is 3.11. The average molecular weight is 474 g/mol. The molecule has 0 spiro atoms. The summed E-state index contributed by atoms with van der Waals surface area (Å²) in [5.74, 6) is 1.21. The topological polar surface area (TPSA) is 59.8 Å². The first kappa shape index (κ1) is 20.6. The number of aromatic nitrogens is 3. The van der Waals surface area contributed by atoms with E-state index in [1.54, 1.807) is 22.9 Å². The lowest BCUT2D eigenvalue weighted by atomic mass is 9.73. The summed E-state index contributed by atoms with van der Waals surface area (Å²) in [6.45, 7) is 4.20. The van der Waals surface area contributed by atoms with E-state index in [1.807, 2.05) is 24.3 Å². The van der Waals surface area contributed by atoms with E-state index in [1.165, 1.54) is 0 Å². The van der Waals surface area contributed by atoms with Gasteiger partial charge in [0.2, 0.25) is 5.95 Å². The second-order valence-corrected chi connectivity index (χ2v) is 10.00. The fraction of sp³-hybridized carbons (Fsp3) is 0.261. The highest BCUT2D eigenvalue weighted by molar-refractivity contribution is 6.42. The summed E-state index contributed by atoms with van der Waals surface area (Å²) in [4.78, 5) is 18.0. The summed E-state index contributed by atoms with van der Waals surface area (Å²) in [6, 6.07) is 12.4. The number of carbonyl (C=O) groups excluding carboxylic acids is 1. The van der Waals surface area contributed by atoms with Crippen LogP contribution in [0.25, 0.3) is 11.4 Å². The maximum atomic E-state index is 13.3. The molecule has 2 aromatic carbocycles. The zero-order chi connectivity index (χ0) is 21.9. The largest absolute Gasteiger partial charge is 0.328 e. The van der Waals surface area contributed by atoms with Crippen molar-refractivity contribution in [2.24, 2.45) is 5.41 Å². The highest BCUT2D eigenvalue weighted by atomic mass is 35.5. The molecule has 5 rings (SSSR count). The minimum Gasteiger partial charge on any atom is -0.328 e. The van der Waals surface area contributed by atoms with Gasteiger partial charge in [-0.2, -0.15) is 4.98 Å². The molecule has 1 N–H and O–H groups in total. The maximum absolute atomic E-state index is 13.3. The Morgan fingerprint density at radius 1 is 1.06 bits per heavy atom. The Morgan fingerprint density at radius 3 is 2.61 bits per heavy atom. The molecule has 1 aliphatic heterocycles. The van der Waals surface area contributed by atoms with Crippen LogP contribution in [0.4, 0.5) is 5.95 Å². The Balaban J connectivity index is 1.70. The van der Waals surface area contributed by atoms with Gasteiger partial charge in [0.1, 0.15) is 6.04 Å². The molecule has 1 aliphatic carbocycles. The number of benzene rings is 2. The number of rotatable bonds is 2. The fourth-order valence-corrected chi connectivity index (χ4v) is 4.85. The summed E-state index contributed by atoms with van der Waals surface area (Å²) in [6.07, 6.45) is 1.21. The van der Waals surface area contributed by atoms with Crippen molar-refractivity contribution in [1.82, 2.24) is 14.8 Å². The summed E-state index contributed by atoms with van der Waals surface area (Å²) in [5.41, 5.74) is 3.08. The summed E-state index contributed by atoms with van der Waals surface area (Å²) < 4.78 is 1.75. The molecule has 8 heteroatoms. The van der Waals surface area contributed by atoms with Crippen molar-refractivity contribution in [3.63, 3.8) is 0 Å². The zero-order valence-corrected chi connectivity index (χ0v) is 19.2. The van der Waals surface area contributed by atoms with Crippen LogP contribution < -0.4 is 5.32 Å². The second-order valence-electron chi connectivity index (χ2n) is 8.75. The van der Waals surface area contributed by atoms with E-state index < -0.39 is 6.04 Å². The molecule has 0 bridgehead atoms. The summed E-state index contributed by atoms with van der Waals surface area (Å²) in [5, 5.41) is 9.62.